The number of rotatable bonds is 6. The fraction of sp³-hybridized carbons (Fsp3) is 0.143. The number of nitrogens with one attached hydrogen (secondary N) is 1. The van der Waals surface area contributed by atoms with Gasteiger partial charge in [-0.1, -0.05) is 41.3 Å². The number of aryl methyl sites for hydroxylation is 1. The van der Waals surface area contributed by atoms with Crippen LogP contribution in [0.3, 0.4) is 0 Å². The van der Waals surface area contributed by atoms with E-state index < -0.39 is 0 Å². The van der Waals surface area contributed by atoms with Crippen LogP contribution in [0, 0.1) is 0 Å². The third-order valence-electron chi connectivity index (χ3n) is 4.87. The summed E-state index contributed by atoms with van der Waals surface area (Å²) < 4.78 is 0.586. The minimum Gasteiger partial charge on any atom is -0.293 e. The zero-order chi connectivity index (χ0) is 21.2. The number of hydrogen-bond acceptors (Lipinski definition) is 8. The van der Waals surface area contributed by atoms with Crippen LogP contribution >= 0.6 is 35.3 Å². The monoisotopic (exact) mass is 464 g/mol. The van der Waals surface area contributed by atoms with Gasteiger partial charge in [-0.05, 0) is 53.3 Å². The van der Waals surface area contributed by atoms with E-state index in [0.717, 1.165) is 33.3 Å². The zero-order valence-corrected chi connectivity index (χ0v) is 18.6. The predicted molar refractivity (Wildman–Crippen MR) is 127 cm³/mol. The number of carbonyl (C=O) groups is 1. The summed E-state index contributed by atoms with van der Waals surface area (Å²) in [5.74, 6) is 0.589. The van der Waals surface area contributed by atoms with Crippen LogP contribution in [0.1, 0.15) is 17.1 Å². The van der Waals surface area contributed by atoms with Gasteiger partial charge in [0, 0.05) is 29.4 Å². The van der Waals surface area contributed by atoms with Crippen molar-refractivity contribution >= 4 is 62.5 Å². The summed E-state index contributed by atoms with van der Waals surface area (Å²) >= 11 is 8.39. The molecule has 4 heterocycles. The number of aromatic amines is 1. The fourth-order valence-corrected chi connectivity index (χ4v) is 5.56. The van der Waals surface area contributed by atoms with Crippen LogP contribution in [0.4, 0.5) is 0 Å². The van der Waals surface area contributed by atoms with Gasteiger partial charge in [0.1, 0.15) is 4.32 Å². The van der Waals surface area contributed by atoms with Crippen molar-refractivity contribution in [1.29, 1.82) is 0 Å². The number of thiophene rings is 1. The Balaban J connectivity index is 1.29. The second-order valence-corrected chi connectivity index (χ2v) is 9.53. The number of H-pyrrole nitrogens is 1. The molecule has 0 spiro atoms. The maximum atomic E-state index is 12.8. The molecular formula is C21H16N6OS3. The molecule has 4 aromatic rings. The van der Waals surface area contributed by atoms with Crippen LogP contribution < -0.4 is 0 Å². The second-order valence-electron chi connectivity index (χ2n) is 6.91. The summed E-state index contributed by atoms with van der Waals surface area (Å²) in [5.41, 5.74) is 3.23. The molecule has 3 aromatic heterocycles. The van der Waals surface area contributed by atoms with E-state index in [4.69, 9.17) is 12.2 Å². The maximum Gasteiger partial charge on any atom is 0.266 e. The molecule has 1 saturated heterocycles. The van der Waals surface area contributed by atoms with Gasteiger partial charge < -0.3 is 0 Å². The zero-order valence-electron chi connectivity index (χ0n) is 16.2. The molecule has 0 bridgehead atoms. The van der Waals surface area contributed by atoms with Gasteiger partial charge in [0.25, 0.3) is 5.91 Å². The summed E-state index contributed by atoms with van der Waals surface area (Å²) in [6.07, 6.45) is 5.09. The average Bonchev–Trinajstić information content (AvgIpc) is 3.52. The molecule has 1 N–H and O–H groups in total. The largest absolute Gasteiger partial charge is 0.293 e. The molecule has 1 fully saturated rings. The van der Waals surface area contributed by atoms with Crippen LogP contribution in [-0.4, -0.2) is 47.3 Å². The first-order chi connectivity index (χ1) is 15.2. The lowest BCUT2D eigenvalue weighted by Crippen LogP contribution is -2.29. The van der Waals surface area contributed by atoms with Gasteiger partial charge in [0.05, 0.1) is 10.4 Å². The van der Waals surface area contributed by atoms with Crippen LogP contribution in [-0.2, 0) is 11.2 Å². The van der Waals surface area contributed by atoms with E-state index in [1.807, 2.05) is 18.2 Å². The summed E-state index contributed by atoms with van der Waals surface area (Å²) in [5, 5.41) is 17.0. The van der Waals surface area contributed by atoms with Crippen molar-refractivity contribution in [2.24, 2.45) is 0 Å². The number of nitrogens with zero attached hydrogens (tertiary/aromatic N) is 5. The van der Waals surface area contributed by atoms with Gasteiger partial charge in [0.15, 0.2) is 5.82 Å². The normalized spacial score (nSPS) is 15.5. The predicted octanol–water partition coefficient (Wildman–Crippen LogP) is 4.31. The summed E-state index contributed by atoms with van der Waals surface area (Å²) in [4.78, 5) is 20.5. The van der Waals surface area contributed by atoms with Crippen molar-refractivity contribution in [2.75, 3.05) is 6.54 Å². The molecule has 1 amide bonds. The number of aromatic nitrogens is 5. The highest BCUT2D eigenvalue weighted by atomic mass is 32.2. The van der Waals surface area contributed by atoms with Crippen LogP contribution in [0.2, 0.25) is 0 Å². The highest BCUT2D eigenvalue weighted by molar-refractivity contribution is 8.26. The highest BCUT2D eigenvalue weighted by Crippen LogP contribution is 2.35. The summed E-state index contributed by atoms with van der Waals surface area (Å²) in [6.45, 7) is 0.539. The van der Waals surface area contributed by atoms with Crippen molar-refractivity contribution in [3.63, 3.8) is 0 Å². The maximum absolute atomic E-state index is 12.8. The Morgan fingerprint density at radius 3 is 3.00 bits per heavy atom. The Morgan fingerprint density at radius 1 is 1.19 bits per heavy atom. The third kappa shape index (κ3) is 4.27. The standard InChI is InChI=1S/C21H16N6OS3/c28-20-18(31-21(29)27(20)8-2-4-19-23-25-26-24-19)11-16-10-15(12-30-16)13-5-6-17-14(9-13)3-1-7-22-17/h1,3,5-7,9-12H,2,4,8H2,(H,23,24,25,26). The van der Waals surface area contributed by atoms with Crippen molar-refractivity contribution in [3.05, 3.63) is 63.6 Å². The van der Waals surface area contributed by atoms with E-state index >= 15 is 0 Å². The minimum atomic E-state index is -0.0464. The third-order valence-corrected chi connectivity index (χ3v) is 7.13. The molecule has 0 atom stereocenters. The van der Waals surface area contributed by atoms with Gasteiger partial charge in [-0.2, -0.15) is 5.21 Å². The first-order valence-corrected chi connectivity index (χ1v) is 11.7. The quantitative estimate of drug-likeness (QED) is 0.336. The summed E-state index contributed by atoms with van der Waals surface area (Å²) in [7, 11) is 0. The van der Waals surface area contributed by atoms with Gasteiger partial charge in [-0.15, -0.1) is 21.5 Å². The highest BCUT2D eigenvalue weighted by Gasteiger charge is 2.31. The van der Waals surface area contributed by atoms with Gasteiger partial charge in [-0.25, -0.2) is 0 Å². The lowest BCUT2D eigenvalue weighted by molar-refractivity contribution is -0.122. The van der Waals surface area contributed by atoms with Crippen molar-refractivity contribution < 1.29 is 4.79 Å². The smallest absolute Gasteiger partial charge is 0.266 e. The van der Waals surface area contributed by atoms with Crippen LogP contribution in [0.25, 0.3) is 28.1 Å². The molecule has 0 radical (unpaired) electrons. The first-order valence-electron chi connectivity index (χ1n) is 9.59. The minimum absolute atomic E-state index is 0.0464. The lowest BCUT2D eigenvalue weighted by atomic mass is 10.1. The molecule has 10 heteroatoms. The number of thiocarbonyl (C=S) groups is 1. The van der Waals surface area contributed by atoms with E-state index in [-0.39, 0.29) is 5.91 Å². The molecule has 0 saturated carbocycles. The topological polar surface area (TPSA) is 87.7 Å². The van der Waals surface area contributed by atoms with Crippen LogP contribution in [0.15, 0.2) is 52.9 Å². The molecule has 1 aliphatic heterocycles. The van der Waals surface area contributed by atoms with Crippen molar-refractivity contribution in [2.45, 2.75) is 12.8 Å². The Bertz CT molecular complexity index is 1300. The molecule has 154 valence electrons. The molecule has 5 rings (SSSR count). The van der Waals surface area contributed by atoms with E-state index in [2.05, 4.69) is 55.3 Å². The van der Waals surface area contributed by atoms with Gasteiger partial charge >= 0.3 is 0 Å². The molecule has 1 aromatic carbocycles. The molecular weight excluding hydrogens is 448 g/mol. The number of benzene rings is 1. The van der Waals surface area contributed by atoms with Gasteiger partial charge in [-0.3, -0.25) is 14.7 Å². The number of amides is 1. The van der Waals surface area contributed by atoms with E-state index in [1.165, 1.54) is 11.8 Å². The van der Waals surface area contributed by atoms with E-state index in [9.17, 15) is 4.79 Å². The van der Waals surface area contributed by atoms with Gasteiger partial charge in [0.2, 0.25) is 0 Å². The second kappa shape index (κ2) is 8.66. The first kappa shape index (κ1) is 20.0. The Morgan fingerprint density at radius 2 is 2.13 bits per heavy atom. The molecule has 7 nitrogen and oxygen atoms in total. The number of hydrogen-bond donors (Lipinski definition) is 1. The number of thioether (sulfide) groups is 1. The lowest BCUT2D eigenvalue weighted by Gasteiger charge is -2.13. The fourth-order valence-electron chi connectivity index (χ4n) is 3.34. The number of fused-ring (bicyclic) bond motifs is 1. The average molecular weight is 465 g/mol. The van der Waals surface area contributed by atoms with Crippen molar-refractivity contribution in [3.8, 4) is 11.1 Å². The van der Waals surface area contributed by atoms with Crippen molar-refractivity contribution in [1.82, 2.24) is 30.5 Å². The SMILES string of the molecule is O=C1C(=Cc2cc(-c3ccc4ncccc4c3)cs2)SC(=S)N1CCCc1nn[nH]n1. The van der Waals surface area contributed by atoms with E-state index in [0.29, 0.717) is 28.0 Å². The number of tetrazole rings is 1. The Labute approximate surface area is 191 Å². The Hall–Kier alpha value is -2.95. The molecule has 31 heavy (non-hydrogen) atoms. The molecule has 0 unspecified atom stereocenters. The summed E-state index contributed by atoms with van der Waals surface area (Å²) in [6, 6.07) is 12.3. The number of pyridine rings is 1. The number of carbonyl (C=O) groups excluding carboxylic acids is 1. The molecule has 1 aliphatic rings. The van der Waals surface area contributed by atoms with E-state index in [1.54, 1.807) is 22.4 Å². The van der Waals surface area contributed by atoms with Crippen LogP contribution in [0.5, 0.6) is 0 Å². The molecule has 0 aliphatic carbocycles. The Kier molecular flexibility index (Phi) is 5.58.